The fourth-order valence-corrected chi connectivity index (χ4v) is 5.29. The number of benzene rings is 1. The number of carboxylic acids is 1. The van der Waals surface area contributed by atoms with Crippen molar-refractivity contribution in [3.63, 3.8) is 0 Å². The Hall–Kier alpha value is -2.63. The number of carboxylic acid groups (broad SMARTS) is 1. The third kappa shape index (κ3) is 3.74. The summed E-state index contributed by atoms with van der Waals surface area (Å²) in [6, 6.07) is 7.97. The summed E-state index contributed by atoms with van der Waals surface area (Å²) in [5, 5.41) is 13.3. The zero-order valence-corrected chi connectivity index (χ0v) is 18.6. The predicted octanol–water partition coefficient (Wildman–Crippen LogP) is 4.84. The van der Waals surface area contributed by atoms with Crippen molar-refractivity contribution in [2.75, 3.05) is 23.3 Å². The molecule has 1 aromatic carbocycles. The van der Waals surface area contributed by atoms with E-state index in [0.717, 1.165) is 86.5 Å². The summed E-state index contributed by atoms with van der Waals surface area (Å²) in [4.78, 5) is 24.3. The summed E-state index contributed by atoms with van der Waals surface area (Å²) in [6.45, 7) is 2.17. The lowest BCUT2D eigenvalue weighted by atomic mass is 9.64. The maximum absolute atomic E-state index is 11.8. The van der Waals surface area contributed by atoms with Gasteiger partial charge in [0.1, 0.15) is 5.82 Å². The maximum atomic E-state index is 11.8. The molecule has 6 heteroatoms. The van der Waals surface area contributed by atoms with Crippen molar-refractivity contribution >= 4 is 23.4 Å². The molecule has 0 bridgehead atoms. The summed E-state index contributed by atoms with van der Waals surface area (Å²) in [5.41, 5.74) is 3.63. The first kappa shape index (κ1) is 20.0. The normalized spacial score (nSPS) is 21.0. The molecule has 2 N–H and O–H groups in total. The summed E-state index contributed by atoms with van der Waals surface area (Å²) in [5.74, 6) is 2.74. The molecular formula is C26H32N4O2. The minimum atomic E-state index is -0.700. The summed E-state index contributed by atoms with van der Waals surface area (Å²) >= 11 is 0. The van der Waals surface area contributed by atoms with Crippen molar-refractivity contribution in [2.45, 2.75) is 69.6 Å². The van der Waals surface area contributed by atoms with E-state index in [1.165, 1.54) is 36.9 Å². The first-order chi connectivity index (χ1) is 15.6. The second-order valence-electron chi connectivity index (χ2n) is 10.4. The number of aromatic nitrogens is 2. The van der Waals surface area contributed by atoms with E-state index in [1.807, 2.05) is 24.3 Å². The number of fused-ring (bicyclic) bond motifs is 1. The molecule has 6 rings (SSSR count). The smallest absolute Gasteiger partial charge is 0.314 e. The molecule has 4 aliphatic rings. The average molecular weight is 433 g/mol. The number of hydrogen-bond donors (Lipinski definition) is 2. The van der Waals surface area contributed by atoms with Crippen molar-refractivity contribution < 1.29 is 9.90 Å². The van der Waals surface area contributed by atoms with Crippen LogP contribution in [0.2, 0.25) is 0 Å². The van der Waals surface area contributed by atoms with Crippen LogP contribution >= 0.6 is 0 Å². The van der Waals surface area contributed by atoms with Gasteiger partial charge in [-0.2, -0.15) is 4.98 Å². The lowest BCUT2D eigenvalue weighted by Crippen LogP contribution is -2.42. The Bertz CT molecular complexity index is 1010. The first-order valence-electron chi connectivity index (χ1n) is 12.4. The Morgan fingerprint density at radius 3 is 2.25 bits per heavy atom. The maximum Gasteiger partial charge on any atom is 0.314 e. The molecule has 6 nitrogen and oxygen atoms in total. The molecule has 0 unspecified atom stereocenters. The number of anilines is 3. The first-order valence-corrected chi connectivity index (χ1v) is 12.4. The Morgan fingerprint density at radius 2 is 1.69 bits per heavy atom. The number of aryl methyl sites for hydroxylation is 1. The van der Waals surface area contributed by atoms with Crippen LogP contribution in [0.15, 0.2) is 24.3 Å². The van der Waals surface area contributed by atoms with Crippen LogP contribution < -0.4 is 10.2 Å². The van der Waals surface area contributed by atoms with Gasteiger partial charge in [0.05, 0.1) is 11.1 Å². The van der Waals surface area contributed by atoms with Crippen LogP contribution in [0.5, 0.6) is 0 Å². The molecule has 3 fully saturated rings. The van der Waals surface area contributed by atoms with Crippen molar-refractivity contribution in [1.82, 2.24) is 9.97 Å². The van der Waals surface area contributed by atoms with Gasteiger partial charge in [-0.05, 0) is 87.3 Å². The van der Waals surface area contributed by atoms with Crippen molar-refractivity contribution in [3.05, 3.63) is 41.1 Å². The van der Waals surface area contributed by atoms with Gasteiger partial charge in [0.2, 0.25) is 5.95 Å². The summed E-state index contributed by atoms with van der Waals surface area (Å²) < 4.78 is 0. The molecule has 0 radical (unpaired) electrons. The third-order valence-corrected chi connectivity index (χ3v) is 7.87. The van der Waals surface area contributed by atoms with Gasteiger partial charge in [-0.1, -0.05) is 18.6 Å². The minimum absolute atomic E-state index is 0.687. The van der Waals surface area contributed by atoms with Gasteiger partial charge in [-0.3, -0.25) is 4.79 Å². The number of rotatable bonds is 9. The molecular weight excluding hydrogens is 400 g/mol. The highest BCUT2D eigenvalue weighted by Crippen LogP contribution is 2.44. The van der Waals surface area contributed by atoms with Crippen LogP contribution in [-0.2, 0) is 23.1 Å². The van der Waals surface area contributed by atoms with E-state index in [1.54, 1.807) is 0 Å². The van der Waals surface area contributed by atoms with Gasteiger partial charge in [0.15, 0.2) is 0 Å². The van der Waals surface area contributed by atoms with E-state index in [4.69, 9.17) is 9.97 Å². The number of nitrogens with zero attached hydrogens (tertiary/aromatic N) is 3. The lowest BCUT2D eigenvalue weighted by molar-refractivity contribution is -0.147. The highest BCUT2D eigenvalue weighted by Gasteiger charge is 2.45. The largest absolute Gasteiger partial charge is 0.481 e. The summed E-state index contributed by atoms with van der Waals surface area (Å²) in [7, 11) is 0. The molecule has 3 saturated carbocycles. The average Bonchev–Trinajstić information content (AvgIpc) is 3.68. The predicted molar refractivity (Wildman–Crippen MR) is 125 cm³/mol. The van der Waals surface area contributed by atoms with Crippen LogP contribution in [0.3, 0.4) is 0 Å². The Kier molecular flexibility index (Phi) is 4.85. The van der Waals surface area contributed by atoms with E-state index >= 15 is 0 Å². The molecule has 0 spiro atoms. The molecule has 0 amide bonds. The zero-order valence-electron chi connectivity index (χ0n) is 18.6. The van der Waals surface area contributed by atoms with Crippen molar-refractivity contribution in [1.29, 1.82) is 0 Å². The molecule has 32 heavy (non-hydrogen) atoms. The molecule has 0 saturated heterocycles. The Labute approximate surface area is 189 Å². The van der Waals surface area contributed by atoms with Gasteiger partial charge in [-0.15, -0.1) is 0 Å². The van der Waals surface area contributed by atoms with E-state index in [-0.39, 0.29) is 0 Å². The fourth-order valence-electron chi connectivity index (χ4n) is 5.29. The molecule has 1 aromatic heterocycles. The summed E-state index contributed by atoms with van der Waals surface area (Å²) in [6.07, 6.45) is 11.0. The zero-order chi connectivity index (χ0) is 21.7. The van der Waals surface area contributed by atoms with E-state index in [9.17, 15) is 9.90 Å². The quantitative estimate of drug-likeness (QED) is 0.590. The topological polar surface area (TPSA) is 78.3 Å². The molecule has 4 aliphatic carbocycles. The second-order valence-corrected chi connectivity index (χ2v) is 10.4. The van der Waals surface area contributed by atoms with Crippen molar-refractivity contribution in [3.8, 4) is 0 Å². The standard InChI is InChI=1S/C26H32N4O2/c31-24(32)26(13-2-14-26)19-9-11-20(12-10-19)27-23-21-3-1-4-22(21)28-25(29-23)30(15-17-5-6-17)16-18-7-8-18/h9-12,17-18H,1-8,13-16H2,(H,31,32)(H,27,28,29). The lowest BCUT2D eigenvalue weighted by Gasteiger charge is -2.38. The van der Waals surface area contributed by atoms with Crippen LogP contribution in [0, 0.1) is 11.8 Å². The fraction of sp³-hybridized carbons (Fsp3) is 0.577. The van der Waals surface area contributed by atoms with Gasteiger partial charge < -0.3 is 15.3 Å². The Balaban J connectivity index is 1.27. The molecule has 0 atom stereocenters. The van der Waals surface area contributed by atoms with E-state index < -0.39 is 11.4 Å². The van der Waals surface area contributed by atoms with Crippen LogP contribution in [0.4, 0.5) is 17.5 Å². The van der Waals surface area contributed by atoms with Gasteiger partial charge in [-0.25, -0.2) is 4.98 Å². The van der Waals surface area contributed by atoms with Crippen LogP contribution in [0.1, 0.15) is 68.2 Å². The number of nitrogens with one attached hydrogen (secondary N) is 1. The van der Waals surface area contributed by atoms with Crippen LogP contribution in [-0.4, -0.2) is 34.1 Å². The highest BCUT2D eigenvalue weighted by atomic mass is 16.4. The second kappa shape index (κ2) is 7.75. The third-order valence-electron chi connectivity index (χ3n) is 7.87. The monoisotopic (exact) mass is 432 g/mol. The van der Waals surface area contributed by atoms with Crippen LogP contribution in [0.25, 0.3) is 0 Å². The van der Waals surface area contributed by atoms with Gasteiger partial charge in [0, 0.05) is 24.3 Å². The molecule has 168 valence electrons. The molecule has 2 aromatic rings. The van der Waals surface area contributed by atoms with E-state index in [0.29, 0.717) is 0 Å². The van der Waals surface area contributed by atoms with Crippen molar-refractivity contribution in [2.24, 2.45) is 11.8 Å². The number of aliphatic carboxylic acids is 1. The number of hydrogen-bond acceptors (Lipinski definition) is 5. The SMILES string of the molecule is O=C(O)C1(c2ccc(Nc3nc(N(CC4CC4)CC4CC4)nc4c3CCC4)cc2)CCC1. The van der Waals surface area contributed by atoms with Gasteiger partial charge in [0.25, 0.3) is 0 Å². The molecule has 0 aliphatic heterocycles. The highest BCUT2D eigenvalue weighted by molar-refractivity contribution is 5.83. The number of carbonyl (C=O) groups is 1. The molecule has 1 heterocycles. The Morgan fingerprint density at radius 1 is 1.00 bits per heavy atom. The minimum Gasteiger partial charge on any atom is -0.481 e. The van der Waals surface area contributed by atoms with E-state index in [2.05, 4.69) is 10.2 Å². The van der Waals surface area contributed by atoms with Gasteiger partial charge >= 0.3 is 5.97 Å².